The average molecular weight is 331 g/mol. The van der Waals surface area contributed by atoms with Crippen molar-refractivity contribution in [3.8, 4) is 6.07 Å². The highest BCUT2D eigenvalue weighted by Gasteiger charge is 2.09. The third-order valence-corrected chi connectivity index (χ3v) is 3.54. The van der Waals surface area contributed by atoms with E-state index in [4.69, 9.17) is 5.26 Å². The summed E-state index contributed by atoms with van der Waals surface area (Å²) in [5, 5.41) is 8.97. The molecule has 4 nitrogen and oxygen atoms in total. The van der Waals surface area contributed by atoms with Gasteiger partial charge in [-0.3, -0.25) is 0 Å². The van der Waals surface area contributed by atoms with Gasteiger partial charge in [-0.05, 0) is 37.1 Å². The van der Waals surface area contributed by atoms with Crippen molar-refractivity contribution in [1.29, 1.82) is 5.26 Å². The maximum Gasteiger partial charge on any atom is 0.146 e. The normalized spacial score (nSPS) is 10.2. The molecule has 20 heavy (non-hydrogen) atoms. The predicted octanol–water partition coefficient (Wildman–Crippen LogP) is 3.36. The minimum atomic E-state index is 0.394. The summed E-state index contributed by atoms with van der Waals surface area (Å²) in [7, 11) is 1.96. The summed E-state index contributed by atoms with van der Waals surface area (Å²) in [6, 6.07) is 9.98. The van der Waals surface area contributed by atoms with Crippen LogP contribution in [0.1, 0.15) is 22.6 Å². The zero-order chi connectivity index (χ0) is 14.7. The first kappa shape index (κ1) is 14.5. The van der Waals surface area contributed by atoms with Crippen LogP contribution in [-0.4, -0.2) is 17.0 Å². The molecular formula is C15H15BrN4. The third-order valence-electron chi connectivity index (χ3n) is 3.05. The SMILES string of the molecule is Cc1nc(C#N)cc(N(C)Cc2cc(Br)ccc2C)n1. The van der Waals surface area contributed by atoms with Crippen LogP contribution in [0.4, 0.5) is 5.82 Å². The average Bonchev–Trinajstić information content (AvgIpc) is 2.42. The summed E-state index contributed by atoms with van der Waals surface area (Å²) in [4.78, 5) is 10.5. The summed E-state index contributed by atoms with van der Waals surface area (Å²) < 4.78 is 1.06. The molecule has 0 atom stereocenters. The van der Waals surface area contributed by atoms with Crippen molar-refractivity contribution in [3.63, 3.8) is 0 Å². The first-order chi connectivity index (χ1) is 9.49. The number of nitriles is 1. The largest absolute Gasteiger partial charge is 0.355 e. The minimum Gasteiger partial charge on any atom is -0.355 e. The quantitative estimate of drug-likeness (QED) is 0.865. The van der Waals surface area contributed by atoms with E-state index in [0.29, 0.717) is 11.5 Å². The maximum absolute atomic E-state index is 8.97. The number of aryl methyl sites for hydroxylation is 2. The molecule has 0 amide bonds. The molecule has 0 spiro atoms. The lowest BCUT2D eigenvalue weighted by Crippen LogP contribution is -2.19. The molecule has 0 unspecified atom stereocenters. The molecule has 0 saturated carbocycles. The number of halogens is 1. The zero-order valence-corrected chi connectivity index (χ0v) is 13.3. The van der Waals surface area contributed by atoms with Crippen LogP contribution in [0.2, 0.25) is 0 Å². The highest BCUT2D eigenvalue weighted by Crippen LogP contribution is 2.20. The fraction of sp³-hybridized carbons (Fsp3) is 0.267. The van der Waals surface area contributed by atoms with Gasteiger partial charge in [0.2, 0.25) is 0 Å². The van der Waals surface area contributed by atoms with Gasteiger partial charge in [0.05, 0.1) is 0 Å². The monoisotopic (exact) mass is 330 g/mol. The van der Waals surface area contributed by atoms with Gasteiger partial charge in [-0.25, -0.2) is 9.97 Å². The summed E-state index contributed by atoms with van der Waals surface area (Å²) in [6.07, 6.45) is 0. The van der Waals surface area contributed by atoms with Crippen molar-refractivity contribution in [1.82, 2.24) is 9.97 Å². The van der Waals surface area contributed by atoms with Crippen LogP contribution in [0, 0.1) is 25.2 Å². The molecule has 0 radical (unpaired) electrons. The van der Waals surface area contributed by atoms with Crippen LogP contribution >= 0.6 is 15.9 Å². The van der Waals surface area contributed by atoms with Crippen molar-refractivity contribution in [3.05, 3.63) is 51.4 Å². The van der Waals surface area contributed by atoms with Crippen molar-refractivity contribution >= 4 is 21.7 Å². The van der Waals surface area contributed by atoms with Gasteiger partial charge in [0.1, 0.15) is 23.4 Å². The second-order valence-electron chi connectivity index (χ2n) is 4.70. The topological polar surface area (TPSA) is 52.8 Å². The van der Waals surface area contributed by atoms with E-state index in [0.717, 1.165) is 16.8 Å². The molecule has 1 heterocycles. The van der Waals surface area contributed by atoms with Crippen LogP contribution in [0.25, 0.3) is 0 Å². The number of rotatable bonds is 3. The lowest BCUT2D eigenvalue weighted by Gasteiger charge is -2.20. The Balaban J connectivity index is 2.28. The molecule has 0 aliphatic heterocycles. The maximum atomic E-state index is 8.97. The molecule has 0 aliphatic carbocycles. The van der Waals surface area contributed by atoms with Crippen LogP contribution < -0.4 is 4.90 Å². The lowest BCUT2D eigenvalue weighted by atomic mass is 10.1. The Kier molecular flexibility index (Phi) is 4.35. The fourth-order valence-corrected chi connectivity index (χ4v) is 2.36. The highest BCUT2D eigenvalue weighted by atomic mass is 79.9. The van der Waals surface area contributed by atoms with Crippen molar-refractivity contribution in [2.45, 2.75) is 20.4 Å². The molecule has 2 rings (SSSR count). The Labute approximate surface area is 127 Å². The molecule has 2 aromatic rings. The van der Waals surface area contributed by atoms with Crippen LogP contribution in [0.15, 0.2) is 28.7 Å². The smallest absolute Gasteiger partial charge is 0.146 e. The number of hydrogen-bond acceptors (Lipinski definition) is 4. The van der Waals surface area contributed by atoms with Crippen LogP contribution in [-0.2, 0) is 6.54 Å². The predicted molar refractivity (Wildman–Crippen MR) is 82.5 cm³/mol. The second-order valence-corrected chi connectivity index (χ2v) is 5.61. The fourth-order valence-electron chi connectivity index (χ4n) is 1.95. The molecular weight excluding hydrogens is 316 g/mol. The number of benzene rings is 1. The number of nitrogens with zero attached hydrogens (tertiary/aromatic N) is 4. The Morgan fingerprint density at radius 1 is 1.25 bits per heavy atom. The second kappa shape index (κ2) is 6.02. The van der Waals surface area contributed by atoms with Gasteiger partial charge in [-0.1, -0.05) is 22.0 Å². The zero-order valence-electron chi connectivity index (χ0n) is 11.7. The summed E-state index contributed by atoms with van der Waals surface area (Å²) >= 11 is 3.49. The van der Waals surface area contributed by atoms with E-state index >= 15 is 0 Å². The molecule has 0 aliphatic rings. The van der Waals surface area contributed by atoms with Gasteiger partial charge in [-0.2, -0.15) is 5.26 Å². The van der Waals surface area contributed by atoms with E-state index in [-0.39, 0.29) is 0 Å². The molecule has 0 fully saturated rings. The van der Waals surface area contributed by atoms with E-state index in [9.17, 15) is 0 Å². The first-order valence-electron chi connectivity index (χ1n) is 6.21. The minimum absolute atomic E-state index is 0.394. The molecule has 5 heteroatoms. The molecule has 0 N–H and O–H groups in total. The first-order valence-corrected chi connectivity index (χ1v) is 7.01. The Bertz CT molecular complexity index is 676. The standard InChI is InChI=1S/C15H15BrN4/c1-10-4-5-13(16)6-12(10)9-20(3)15-7-14(8-17)18-11(2)19-15/h4-7H,9H2,1-3H3. The van der Waals surface area contributed by atoms with E-state index in [1.807, 2.05) is 18.0 Å². The van der Waals surface area contributed by atoms with Gasteiger partial charge in [0, 0.05) is 24.1 Å². The molecule has 0 saturated heterocycles. The summed E-state index contributed by atoms with van der Waals surface area (Å²) in [5.41, 5.74) is 2.84. The number of hydrogen-bond donors (Lipinski definition) is 0. The number of aromatic nitrogens is 2. The highest BCUT2D eigenvalue weighted by molar-refractivity contribution is 9.10. The van der Waals surface area contributed by atoms with Gasteiger partial charge in [0.25, 0.3) is 0 Å². The molecule has 0 bridgehead atoms. The summed E-state index contributed by atoms with van der Waals surface area (Å²) in [5.74, 6) is 1.37. The van der Waals surface area contributed by atoms with Gasteiger partial charge in [-0.15, -0.1) is 0 Å². The van der Waals surface area contributed by atoms with E-state index in [1.54, 1.807) is 13.0 Å². The van der Waals surface area contributed by atoms with Gasteiger partial charge >= 0.3 is 0 Å². The van der Waals surface area contributed by atoms with Gasteiger partial charge in [0.15, 0.2) is 0 Å². The Morgan fingerprint density at radius 3 is 2.70 bits per heavy atom. The van der Waals surface area contributed by atoms with E-state index in [1.165, 1.54) is 11.1 Å². The van der Waals surface area contributed by atoms with Crippen LogP contribution in [0.3, 0.4) is 0 Å². The molecule has 102 valence electrons. The third kappa shape index (κ3) is 3.34. The van der Waals surface area contributed by atoms with Crippen molar-refractivity contribution < 1.29 is 0 Å². The Morgan fingerprint density at radius 2 is 2.00 bits per heavy atom. The molecule has 1 aromatic carbocycles. The number of anilines is 1. The van der Waals surface area contributed by atoms with E-state index < -0.39 is 0 Å². The van der Waals surface area contributed by atoms with Crippen molar-refractivity contribution in [2.75, 3.05) is 11.9 Å². The molecule has 1 aromatic heterocycles. The Hall–Kier alpha value is -1.93. The van der Waals surface area contributed by atoms with Gasteiger partial charge < -0.3 is 4.90 Å². The van der Waals surface area contributed by atoms with E-state index in [2.05, 4.69) is 51.0 Å². The lowest BCUT2D eigenvalue weighted by molar-refractivity contribution is 0.870. The van der Waals surface area contributed by atoms with Crippen molar-refractivity contribution in [2.24, 2.45) is 0 Å². The van der Waals surface area contributed by atoms with Crippen LogP contribution in [0.5, 0.6) is 0 Å². The summed E-state index contributed by atoms with van der Waals surface area (Å²) in [6.45, 7) is 4.61.